The van der Waals surface area contributed by atoms with Crippen molar-refractivity contribution >= 4 is 0 Å². The maximum Gasteiger partial charge on any atom is 0.0479 e. The van der Waals surface area contributed by atoms with Gasteiger partial charge >= 0.3 is 0 Å². The number of nitrogens with zero attached hydrogens (tertiary/aromatic N) is 1. The number of benzene rings is 1. The van der Waals surface area contributed by atoms with E-state index in [4.69, 9.17) is 0 Å². The van der Waals surface area contributed by atoms with Crippen LogP contribution in [0.4, 0.5) is 0 Å². The van der Waals surface area contributed by atoms with E-state index < -0.39 is 0 Å². The minimum Gasteiger partial charge on any atom is -0.309 e. The molecule has 1 atom stereocenters. The van der Waals surface area contributed by atoms with Gasteiger partial charge in [-0.05, 0) is 39.2 Å². The molecule has 2 aliphatic rings. The maximum atomic E-state index is 3.70. The molecule has 1 heterocycles. The van der Waals surface area contributed by atoms with Crippen LogP contribution in [0.3, 0.4) is 0 Å². The molecule has 0 aromatic heterocycles. The Bertz CT molecular complexity index is 420. The first-order valence-corrected chi connectivity index (χ1v) is 7.07. The van der Waals surface area contributed by atoms with E-state index in [1.54, 1.807) is 0 Å². The molecule has 0 bridgehead atoms. The van der Waals surface area contributed by atoms with Crippen LogP contribution in [0, 0.1) is 0 Å². The summed E-state index contributed by atoms with van der Waals surface area (Å²) in [4.78, 5) is 2.73. The van der Waals surface area contributed by atoms with E-state index in [2.05, 4.69) is 61.3 Å². The van der Waals surface area contributed by atoms with Gasteiger partial charge in [0.25, 0.3) is 0 Å². The highest BCUT2D eigenvalue weighted by Gasteiger charge is 2.49. The molecule has 98 valence electrons. The molecule has 1 aliphatic heterocycles. The molecular formula is C16H24N2. The zero-order chi connectivity index (χ0) is 12.8. The van der Waals surface area contributed by atoms with Gasteiger partial charge < -0.3 is 5.32 Å². The van der Waals surface area contributed by atoms with Crippen molar-refractivity contribution in [1.82, 2.24) is 10.2 Å². The van der Waals surface area contributed by atoms with Crippen LogP contribution in [0.1, 0.15) is 45.2 Å². The van der Waals surface area contributed by atoms with Crippen molar-refractivity contribution in [3.63, 3.8) is 0 Å². The molecule has 0 amide bonds. The summed E-state index contributed by atoms with van der Waals surface area (Å²) < 4.78 is 0. The van der Waals surface area contributed by atoms with Crippen LogP contribution >= 0.6 is 0 Å². The van der Waals surface area contributed by atoms with Crippen molar-refractivity contribution in [2.45, 2.75) is 50.7 Å². The van der Waals surface area contributed by atoms with E-state index >= 15 is 0 Å². The number of piperazine rings is 1. The topological polar surface area (TPSA) is 15.3 Å². The first-order valence-electron chi connectivity index (χ1n) is 7.07. The highest BCUT2D eigenvalue weighted by Crippen LogP contribution is 2.47. The summed E-state index contributed by atoms with van der Waals surface area (Å²) >= 11 is 0. The van der Waals surface area contributed by atoms with Gasteiger partial charge in [-0.15, -0.1) is 0 Å². The minimum absolute atomic E-state index is 0.233. The second kappa shape index (κ2) is 4.07. The summed E-state index contributed by atoms with van der Waals surface area (Å²) in [7, 11) is 0. The van der Waals surface area contributed by atoms with E-state index in [9.17, 15) is 0 Å². The molecule has 1 unspecified atom stereocenters. The zero-order valence-corrected chi connectivity index (χ0v) is 11.7. The summed E-state index contributed by atoms with van der Waals surface area (Å²) in [6.07, 6.45) is 2.71. The number of nitrogens with one attached hydrogen (secondary N) is 1. The van der Waals surface area contributed by atoms with Crippen molar-refractivity contribution < 1.29 is 0 Å². The number of rotatable bonds is 2. The SMILES string of the molecule is CC1(C)CN(C2(C)CC2)C(c2ccccc2)CN1. The van der Waals surface area contributed by atoms with Gasteiger partial charge in [0.05, 0.1) is 0 Å². The van der Waals surface area contributed by atoms with E-state index in [-0.39, 0.29) is 5.54 Å². The Hall–Kier alpha value is -0.860. The Labute approximate surface area is 110 Å². The fraction of sp³-hybridized carbons (Fsp3) is 0.625. The molecule has 1 aromatic rings. The summed E-state index contributed by atoms with van der Waals surface area (Å²) in [6.45, 7) is 9.25. The normalized spacial score (nSPS) is 30.1. The Morgan fingerprint density at radius 2 is 1.78 bits per heavy atom. The second-order valence-electron chi connectivity index (χ2n) is 6.82. The Morgan fingerprint density at radius 1 is 1.11 bits per heavy atom. The third kappa shape index (κ3) is 2.19. The monoisotopic (exact) mass is 244 g/mol. The Kier molecular flexibility index (Phi) is 2.76. The predicted molar refractivity (Wildman–Crippen MR) is 75.6 cm³/mol. The summed E-state index contributed by atoms with van der Waals surface area (Å²) in [5.74, 6) is 0. The molecule has 1 N–H and O–H groups in total. The largest absolute Gasteiger partial charge is 0.309 e. The molecule has 18 heavy (non-hydrogen) atoms. The van der Waals surface area contributed by atoms with Crippen molar-refractivity contribution in [2.24, 2.45) is 0 Å². The summed E-state index contributed by atoms with van der Waals surface area (Å²) in [5, 5.41) is 3.70. The number of hydrogen-bond acceptors (Lipinski definition) is 2. The first-order chi connectivity index (χ1) is 8.50. The van der Waals surface area contributed by atoms with Gasteiger partial charge in [-0.2, -0.15) is 0 Å². The van der Waals surface area contributed by atoms with Gasteiger partial charge in [-0.1, -0.05) is 30.3 Å². The van der Waals surface area contributed by atoms with Crippen LogP contribution in [-0.4, -0.2) is 29.1 Å². The third-order valence-corrected chi connectivity index (χ3v) is 4.57. The van der Waals surface area contributed by atoms with Gasteiger partial charge in [0.1, 0.15) is 0 Å². The molecule has 2 nitrogen and oxygen atoms in total. The lowest BCUT2D eigenvalue weighted by Crippen LogP contribution is -2.60. The molecule has 1 aromatic carbocycles. The minimum atomic E-state index is 0.233. The van der Waals surface area contributed by atoms with Gasteiger partial charge in [0, 0.05) is 30.2 Å². The summed E-state index contributed by atoms with van der Waals surface area (Å²) in [6, 6.07) is 11.5. The molecule has 1 saturated heterocycles. The van der Waals surface area contributed by atoms with Gasteiger partial charge in [-0.25, -0.2) is 0 Å². The van der Waals surface area contributed by atoms with Crippen LogP contribution < -0.4 is 5.32 Å². The molecule has 0 spiro atoms. The van der Waals surface area contributed by atoms with E-state index in [0.717, 1.165) is 13.1 Å². The van der Waals surface area contributed by atoms with Crippen LogP contribution in [0.25, 0.3) is 0 Å². The average molecular weight is 244 g/mol. The highest BCUT2D eigenvalue weighted by molar-refractivity contribution is 5.23. The third-order valence-electron chi connectivity index (χ3n) is 4.57. The van der Waals surface area contributed by atoms with Crippen molar-refractivity contribution in [2.75, 3.05) is 13.1 Å². The first kappa shape index (κ1) is 12.2. The lowest BCUT2D eigenvalue weighted by Gasteiger charge is -2.48. The van der Waals surface area contributed by atoms with E-state index in [0.29, 0.717) is 11.6 Å². The molecule has 0 radical (unpaired) electrons. The Morgan fingerprint density at radius 3 is 2.39 bits per heavy atom. The van der Waals surface area contributed by atoms with Crippen molar-refractivity contribution in [1.29, 1.82) is 0 Å². The predicted octanol–water partition coefficient (Wildman–Crippen LogP) is 2.96. The van der Waals surface area contributed by atoms with Gasteiger partial charge in [0.15, 0.2) is 0 Å². The fourth-order valence-electron chi connectivity index (χ4n) is 3.08. The van der Waals surface area contributed by atoms with Crippen LogP contribution in [0.5, 0.6) is 0 Å². The van der Waals surface area contributed by atoms with Gasteiger partial charge in [-0.3, -0.25) is 4.90 Å². The summed E-state index contributed by atoms with van der Waals surface area (Å²) in [5.41, 5.74) is 2.13. The van der Waals surface area contributed by atoms with Crippen molar-refractivity contribution in [3.05, 3.63) is 35.9 Å². The molecule has 1 aliphatic carbocycles. The maximum absolute atomic E-state index is 3.70. The molecule has 3 rings (SSSR count). The molecular weight excluding hydrogens is 220 g/mol. The molecule has 2 fully saturated rings. The van der Waals surface area contributed by atoms with Crippen LogP contribution in [0.15, 0.2) is 30.3 Å². The van der Waals surface area contributed by atoms with Crippen LogP contribution in [0.2, 0.25) is 0 Å². The lowest BCUT2D eigenvalue weighted by atomic mass is 9.93. The zero-order valence-electron chi connectivity index (χ0n) is 11.7. The number of hydrogen-bond donors (Lipinski definition) is 1. The standard InChI is InChI=1S/C16H24N2/c1-15(2)12-18(16(3)9-10-16)14(11-17-15)13-7-5-4-6-8-13/h4-8,14,17H,9-12H2,1-3H3. The second-order valence-corrected chi connectivity index (χ2v) is 6.82. The highest BCUT2D eigenvalue weighted by atomic mass is 15.3. The smallest absolute Gasteiger partial charge is 0.0479 e. The van der Waals surface area contributed by atoms with Crippen LogP contribution in [-0.2, 0) is 0 Å². The van der Waals surface area contributed by atoms with Gasteiger partial charge in [0.2, 0.25) is 0 Å². The average Bonchev–Trinajstić information content (AvgIpc) is 3.09. The molecule has 2 heteroatoms. The Balaban J connectivity index is 1.89. The van der Waals surface area contributed by atoms with E-state index in [1.807, 2.05) is 0 Å². The quantitative estimate of drug-likeness (QED) is 0.860. The van der Waals surface area contributed by atoms with Crippen molar-refractivity contribution in [3.8, 4) is 0 Å². The molecule has 1 saturated carbocycles. The fourth-order valence-corrected chi connectivity index (χ4v) is 3.08. The van der Waals surface area contributed by atoms with E-state index in [1.165, 1.54) is 18.4 Å². The lowest BCUT2D eigenvalue weighted by molar-refractivity contribution is 0.0484.